The lowest BCUT2D eigenvalue weighted by atomic mass is 10.0. The lowest BCUT2D eigenvalue weighted by molar-refractivity contribution is -0.125. The highest BCUT2D eigenvalue weighted by atomic mass is 16.7. The summed E-state index contributed by atoms with van der Waals surface area (Å²) in [5.74, 6) is 1.38. The number of fused-ring (bicyclic) bond motifs is 1. The predicted molar refractivity (Wildman–Crippen MR) is 76.6 cm³/mol. The SMILES string of the molecule is CCCC(CN)C(=O)NC(C)c1ccc2c(c1)OCO2. The molecule has 20 heavy (non-hydrogen) atoms. The molecule has 0 saturated carbocycles. The molecule has 0 saturated heterocycles. The van der Waals surface area contributed by atoms with E-state index in [9.17, 15) is 4.79 Å². The molecule has 5 heteroatoms. The van der Waals surface area contributed by atoms with E-state index in [0.717, 1.165) is 29.9 Å². The van der Waals surface area contributed by atoms with Crippen molar-refractivity contribution in [2.24, 2.45) is 11.7 Å². The second-order valence-electron chi connectivity index (χ2n) is 5.06. The molecule has 110 valence electrons. The highest BCUT2D eigenvalue weighted by molar-refractivity contribution is 5.79. The molecule has 1 aliphatic heterocycles. The number of carbonyl (C=O) groups is 1. The van der Waals surface area contributed by atoms with Gasteiger partial charge >= 0.3 is 0 Å². The van der Waals surface area contributed by atoms with Crippen LogP contribution in [0.2, 0.25) is 0 Å². The molecule has 2 rings (SSSR count). The van der Waals surface area contributed by atoms with Crippen molar-refractivity contribution >= 4 is 5.91 Å². The van der Waals surface area contributed by atoms with Gasteiger partial charge in [0.15, 0.2) is 11.5 Å². The largest absolute Gasteiger partial charge is 0.454 e. The first-order chi connectivity index (χ1) is 9.65. The van der Waals surface area contributed by atoms with Crippen LogP contribution in [-0.4, -0.2) is 19.2 Å². The van der Waals surface area contributed by atoms with E-state index >= 15 is 0 Å². The van der Waals surface area contributed by atoms with E-state index in [4.69, 9.17) is 15.2 Å². The Labute approximate surface area is 119 Å². The van der Waals surface area contributed by atoms with E-state index in [1.165, 1.54) is 0 Å². The summed E-state index contributed by atoms with van der Waals surface area (Å²) in [6.07, 6.45) is 1.77. The second-order valence-corrected chi connectivity index (χ2v) is 5.06. The molecular weight excluding hydrogens is 256 g/mol. The average Bonchev–Trinajstić information content (AvgIpc) is 2.91. The molecular formula is C15H22N2O3. The van der Waals surface area contributed by atoms with Gasteiger partial charge in [-0.2, -0.15) is 0 Å². The summed E-state index contributed by atoms with van der Waals surface area (Å²) in [5, 5.41) is 3.01. The minimum Gasteiger partial charge on any atom is -0.454 e. The maximum Gasteiger partial charge on any atom is 0.231 e. The van der Waals surface area contributed by atoms with E-state index in [2.05, 4.69) is 12.2 Å². The van der Waals surface area contributed by atoms with E-state index in [1.807, 2.05) is 25.1 Å². The molecule has 0 radical (unpaired) electrons. The molecule has 0 fully saturated rings. The minimum atomic E-state index is -0.114. The lowest BCUT2D eigenvalue weighted by Crippen LogP contribution is -2.36. The number of nitrogens with two attached hydrogens (primary N) is 1. The number of hydrogen-bond donors (Lipinski definition) is 2. The van der Waals surface area contributed by atoms with Gasteiger partial charge in [-0.3, -0.25) is 4.79 Å². The number of ether oxygens (including phenoxy) is 2. The molecule has 0 aromatic heterocycles. The van der Waals surface area contributed by atoms with Crippen molar-refractivity contribution in [3.8, 4) is 11.5 Å². The molecule has 1 aromatic rings. The Morgan fingerprint density at radius 2 is 2.15 bits per heavy atom. The van der Waals surface area contributed by atoms with Gasteiger partial charge in [0.05, 0.1) is 12.0 Å². The summed E-state index contributed by atoms with van der Waals surface area (Å²) in [6.45, 7) is 4.64. The van der Waals surface area contributed by atoms with Crippen molar-refractivity contribution in [3.05, 3.63) is 23.8 Å². The number of carbonyl (C=O) groups excluding carboxylic acids is 1. The zero-order chi connectivity index (χ0) is 14.5. The van der Waals surface area contributed by atoms with Gasteiger partial charge in [-0.1, -0.05) is 19.4 Å². The summed E-state index contributed by atoms with van der Waals surface area (Å²) in [7, 11) is 0. The van der Waals surface area contributed by atoms with Crippen LogP contribution in [0.4, 0.5) is 0 Å². The number of rotatable bonds is 6. The van der Waals surface area contributed by atoms with E-state index < -0.39 is 0 Å². The smallest absolute Gasteiger partial charge is 0.231 e. The summed E-state index contributed by atoms with van der Waals surface area (Å²) in [5.41, 5.74) is 6.65. The Kier molecular flexibility index (Phi) is 4.84. The highest BCUT2D eigenvalue weighted by Crippen LogP contribution is 2.34. The maximum atomic E-state index is 12.1. The predicted octanol–water partition coefficient (Wildman–Crippen LogP) is 1.97. The van der Waals surface area contributed by atoms with Gasteiger partial charge in [0.1, 0.15) is 0 Å². The molecule has 2 unspecified atom stereocenters. The Hall–Kier alpha value is -1.75. The van der Waals surface area contributed by atoms with Gasteiger partial charge in [-0.15, -0.1) is 0 Å². The van der Waals surface area contributed by atoms with Crippen molar-refractivity contribution in [3.63, 3.8) is 0 Å². The molecule has 1 heterocycles. The van der Waals surface area contributed by atoms with Crippen LogP contribution < -0.4 is 20.5 Å². The van der Waals surface area contributed by atoms with Gasteiger partial charge in [-0.05, 0) is 31.0 Å². The van der Waals surface area contributed by atoms with Gasteiger partial charge < -0.3 is 20.5 Å². The van der Waals surface area contributed by atoms with Crippen LogP contribution in [0, 0.1) is 5.92 Å². The molecule has 3 N–H and O–H groups in total. The van der Waals surface area contributed by atoms with Crippen molar-refractivity contribution < 1.29 is 14.3 Å². The standard InChI is InChI=1S/C15H22N2O3/c1-3-4-12(8-16)15(18)17-10(2)11-5-6-13-14(7-11)20-9-19-13/h5-7,10,12H,3-4,8-9,16H2,1-2H3,(H,17,18). The zero-order valence-corrected chi connectivity index (χ0v) is 12.0. The van der Waals surface area contributed by atoms with Gasteiger partial charge in [0.2, 0.25) is 12.7 Å². The Morgan fingerprint density at radius 1 is 1.40 bits per heavy atom. The van der Waals surface area contributed by atoms with Gasteiger partial charge in [-0.25, -0.2) is 0 Å². The van der Waals surface area contributed by atoms with Crippen LogP contribution in [-0.2, 0) is 4.79 Å². The fraction of sp³-hybridized carbons (Fsp3) is 0.533. The molecule has 1 aromatic carbocycles. The molecule has 1 aliphatic rings. The van der Waals surface area contributed by atoms with Crippen molar-refractivity contribution in [1.82, 2.24) is 5.32 Å². The van der Waals surface area contributed by atoms with Crippen LogP contribution in [0.15, 0.2) is 18.2 Å². The summed E-state index contributed by atoms with van der Waals surface area (Å²) in [6, 6.07) is 5.63. The number of benzene rings is 1. The molecule has 0 bridgehead atoms. The number of hydrogen-bond acceptors (Lipinski definition) is 4. The summed E-state index contributed by atoms with van der Waals surface area (Å²) < 4.78 is 10.6. The first-order valence-corrected chi connectivity index (χ1v) is 7.05. The first kappa shape index (κ1) is 14.7. The Morgan fingerprint density at radius 3 is 2.85 bits per heavy atom. The number of amides is 1. The van der Waals surface area contributed by atoms with E-state index in [-0.39, 0.29) is 24.7 Å². The van der Waals surface area contributed by atoms with E-state index in [1.54, 1.807) is 0 Å². The van der Waals surface area contributed by atoms with Gasteiger partial charge in [0.25, 0.3) is 0 Å². The van der Waals surface area contributed by atoms with Crippen LogP contribution >= 0.6 is 0 Å². The normalized spacial score (nSPS) is 15.8. The third kappa shape index (κ3) is 3.22. The molecule has 2 atom stereocenters. The van der Waals surface area contributed by atoms with Crippen LogP contribution in [0.1, 0.15) is 38.3 Å². The van der Waals surface area contributed by atoms with Crippen LogP contribution in [0.3, 0.4) is 0 Å². The fourth-order valence-corrected chi connectivity index (χ4v) is 2.30. The Bertz CT molecular complexity index is 476. The third-order valence-electron chi connectivity index (χ3n) is 3.55. The monoisotopic (exact) mass is 278 g/mol. The third-order valence-corrected chi connectivity index (χ3v) is 3.55. The van der Waals surface area contributed by atoms with E-state index in [0.29, 0.717) is 6.54 Å². The lowest BCUT2D eigenvalue weighted by Gasteiger charge is -2.19. The summed E-state index contributed by atoms with van der Waals surface area (Å²) in [4.78, 5) is 12.1. The van der Waals surface area contributed by atoms with Crippen LogP contribution in [0.25, 0.3) is 0 Å². The minimum absolute atomic E-state index is 0.0134. The van der Waals surface area contributed by atoms with Gasteiger partial charge in [0, 0.05) is 6.54 Å². The molecule has 1 amide bonds. The second kappa shape index (κ2) is 6.61. The Balaban J connectivity index is 2.00. The van der Waals surface area contributed by atoms with Crippen molar-refractivity contribution in [1.29, 1.82) is 0 Å². The average molecular weight is 278 g/mol. The highest BCUT2D eigenvalue weighted by Gasteiger charge is 2.20. The number of nitrogens with one attached hydrogen (secondary N) is 1. The molecule has 0 aliphatic carbocycles. The van der Waals surface area contributed by atoms with Crippen molar-refractivity contribution in [2.45, 2.75) is 32.7 Å². The molecule has 5 nitrogen and oxygen atoms in total. The fourth-order valence-electron chi connectivity index (χ4n) is 2.30. The quantitative estimate of drug-likeness (QED) is 0.834. The first-order valence-electron chi connectivity index (χ1n) is 7.05. The molecule has 0 spiro atoms. The summed E-state index contributed by atoms with van der Waals surface area (Å²) >= 11 is 0. The van der Waals surface area contributed by atoms with Crippen molar-refractivity contribution in [2.75, 3.05) is 13.3 Å². The zero-order valence-electron chi connectivity index (χ0n) is 12.0. The maximum absolute atomic E-state index is 12.1. The topological polar surface area (TPSA) is 73.6 Å². The van der Waals surface area contributed by atoms with Crippen LogP contribution in [0.5, 0.6) is 11.5 Å².